The van der Waals surface area contributed by atoms with Gasteiger partial charge in [0.2, 0.25) is 0 Å². The van der Waals surface area contributed by atoms with Crippen molar-refractivity contribution in [2.45, 2.75) is 19.2 Å². The van der Waals surface area contributed by atoms with Crippen LogP contribution in [-0.4, -0.2) is 38.1 Å². The van der Waals surface area contributed by atoms with Crippen LogP contribution in [0.1, 0.15) is 28.5 Å². The fourth-order valence-electron chi connectivity index (χ4n) is 3.90. The molecule has 2 aromatic carbocycles. The highest BCUT2D eigenvalue weighted by Crippen LogP contribution is 2.29. The topological polar surface area (TPSA) is 71.4 Å². The van der Waals surface area contributed by atoms with Gasteiger partial charge in [-0.15, -0.1) is 0 Å². The minimum Gasteiger partial charge on any atom is -0.492 e. The standard InChI is InChI=1S/C24H22N4O2/c29-24(21-5-1-2-9-25-21)17-7-8-22-19(14-17)16-28(12-13-30-22)15-18-4-3-6-20-23(18)27-11-10-26-20/h1-11,14,24,29H,12-13,15-16H2. The highest BCUT2D eigenvalue weighted by atomic mass is 16.5. The first-order valence-electron chi connectivity index (χ1n) is 10.0. The van der Waals surface area contributed by atoms with Crippen LogP contribution in [0.4, 0.5) is 0 Å². The van der Waals surface area contributed by atoms with E-state index in [4.69, 9.17) is 4.74 Å². The first-order valence-corrected chi connectivity index (χ1v) is 10.0. The first-order chi connectivity index (χ1) is 14.8. The Bertz CT molecular complexity index is 1160. The van der Waals surface area contributed by atoms with Crippen LogP contribution in [0.15, 0.2) is 73.2 Å². The smallest absolute Gasteiger partial charge is 0.123 e. The van der Waals surface area contributed by atoms with Gasteiger partial charge in [-0.3, -0.25) is 19.9 Å². The quantitative estimate of drug-likeness (QED) is 0.567. The van der Waals surface area contributed by atoms with Crippen LogP contribution in [0, 0.1) is 0 Å². The molecule has 1 aliphatic rings. The number of para-hydroxylation sites is 1. The van der Waals surface area contributed by atoms with Gasteiger partial charge in [0.25, 0.3) is 0 Å². The van der Waals surface area contributed by atoms with Crippen molar-refractivity contribution in [3.63, 3.8) is 0 Å². The molecule has 0 spiro atoms. The Balaban J connectivity index is 1.41. The molecule has 0 fully saturated rings. The summed E-state index contributed by atoms with van der Waals surface area (Å²) < 4.78 is 5.98. The predicted molar refractivity (Wildman–Crippen MR) is 114 cm³/mol. The number of ether oxygens (including phenoxy) is 1. The van der Waals surface area contributed by atoms with Crippen LogP contribution in [0.5, 0.6) is 5.75 Å². The van der Waals surface area contributed by atoms with Gasteiger partial charge in [-0.05, 0) is 41.5 Å². The summed E-state index contributed by atoms with van der Waals surface area (Å²) in [6.45, 7) is 2.91. The third kappa shape index (κ3) is 3.75. The van der Waals surface area contributed by atoms with Gasteiger partial charge in [0.15, 0.2) is 0 Å². The fourth-order valence-corrected chi connectivity index (χ4v) is 3.90. The van der Waals surface area contributed by atoms with Gasteiger partial charge in [-0.25, -0.2) is 0 Å². The lowest BCUT2D eigenvalue weighted by molar-refractivity contribution is 0.215. The van der Waals surface area contributed by atoms with E-state index in [0.29, 0.717) is 12.3 Å². The minimum absolute atomic E-state index is 0.617. The Morgan fingerprint density at radius 2 is 1.90 bits per heavy atom. The molecule has 1 atom stereocenters. The van der Waals surface area contributed by atoms with Crippen molar-refractivity contribution in [2.24, 2.45) is 0 Å². The third-order valence-electron chi connectivity index (χ3n) is 5.40. The molecule has 0 bridgehead atoms. The zero-order valence-corrected chi connectivity index (χ0v) is 16.5. The molecule has 0 radical (unpaired) electrons. The number of aliphatic hydroxyl groups excluding tert-OH is 1. The summed E-state index contributed by atoms with van der Waals surface area (Å²) in [6, 6.07) is 17.6. The van der Waals surface area contributed by atoms with Crippen LogP contribution in [0.3, 0.4) is 0 Å². The number of aliphatic hydroxyl groups is 1. The number of nitrogens with zero attached hydrogens (tertiary/aromatic N) is 4. The highest BCUT2D eigenvalue weighted by Gasteiger charge is 2.19. The molecule has 6 heteroatoms. The van der Waals surface area contributed by atoms with E-state index in [9.17, 15) is 5.11 Å². The van der Waals surface area contributed by atoms with Gasteiger partial charge in [0.1, 0.15) is 18.5 Å². The lowest BCUT2D eigenvalue weighted by atomic mass is 10.0. The Hall–Kier alpha value is -3.35. The summed E-state index contributed by atoms with van der Waals surface area (Å²) in [7, 11) is 0. The summed E-state index contributed by atoms with van der Waals surface area (Å²) in [5.41, 5.74) is 5.50. The first kappa shape index (κ1) is 18.7. The van der Waals surface area contributed by atoms with E-state index >= 15 is 0 Å². The van der Waals surface area contributed by atoms with Crippen LogP contribution in [-0.2, 0) is 13.1 Å². The molecule has 2 aromatic heterocycles. The molecular weight excluding hydrogens is 376 g/mol. The number of hydrogen-bond acceptors (Lipinski definition) is 6. The molecule has 0 amide bonds. The van der Waals surface area contributed by atoms with Crippen molar-refractivity contribution in [2.75, 3.05) is 13.2 Å². The second-order valence-corrected chi connectivity index (χ2v) is 7.42. The van der Waals surface area contributed by atoms with Crippen molar-refractivity contribution in [3.8, 4) is 5.75 Å². The normalized spacial score (nSPS) is 15.2. The molecule has 0 saturated heterocycles. The number of aromatic nitrogens is 3. The minimum atomic E-state index is -0.762. The molecule has 30 heavy (non-hydrogen) atoms. The molecule has 6 nitrogen and oxygen atoms in total. The maximum atomic E-state index is 10.8. The second-order valence-electron chi connectivity index (χ2n) is 7.42. The molecular formula is C24H22N4O2. The Morgan fingerprint density at radius 1 is 0.967 bits per heavy atom. The summed E-state index contributed by atoms with van der Waals surface area (Å²) in [5, 5.41) is 10.8. The molecule has 5 rings (SSSR count). The largest absolute Gasteiger partial charge is 0.492 e. The molecule has 1 unspecified atom stereocenters. The lowest BCUT2D eigenvalue weighted by Gasteiger charge is -2.20. The Kier molecular flexibility index (Phi) is 5.09. The second kappa shape index (κ2) is 8.18. The van der Waals surface area contributed by atoms with Gasteiger partial charge < -0.3 is 9.84 Å². The molecule has 150 valence electrons. The van der Waals surface area contributed by atoms with E-state index in [1.165, 1.54) is 0 Å². The average molecular weight is 398 g/mol. The summed E-state index contributed by atoms with van der Waals surface area (Å²) in [4.78, 5) is 15.6. The molecule has 4 aromatic rings. The summed E-state index contributed by atoms with van der Waals surface area (Å²) >= 11 is 0. The monoisotopic (exact) mass is 398 g/mol. The van der Waals surface area contributed by atoms with Crippen LogP contribution >= 0.6 is 0 Å². The zero-order valence-electron chi connectivity index (χ0n) is 16.5. The van der Waals surface area contributed by atoms with Gasteiger partial charge >= 0.3 is 0 Å². The zero-order chi connectivity index (χ0) is 20.3. The Labute approximate surface area is 174 Å². The van der Waals surface area contributed by atoms with Crippen molar-refractivity contribution in [1.29, 1.82) is 0 Å². The lowest BCUT2D eigenvalue weighted by Crippen LogP contribution is -2.25. The summed E-state index contributed by atoms with van der Waals surface area (Å²) in [5.74, 6) is 0.868. The molecule has 1 N–H and O–H groups in total. The number of hydrogen-bond donors (Lipinski definition) is 1. The van der Waals surface area contributed by atoms with E-state index < -0.39 is 6.10 Å². The van der Waals surface area contributed by atoms with E-state index in [1.54, 1.807) is 18.6 Å². The van der Waals surface area contributed by atoms with Gasteiger partial charge in [-0.1, -0.05) is 24.3 Å². The van der Waals surface area contributed by atoms with E-state index in [0.717, 1.165) is 53.1 Å². The average Bonchev–Trinajstić information content (AvgIpc) is 3.00. The molecule has 3 heterocycles. The van der Waals surface area contributed by atoms with E-state index in [-0.39, 0.29) is 0 Å². The number of pyridine rings is 1. The van der Waals surface area contributed by atoms with Gasteiger partial charge in [0.05, 0.1) is 16.7 Å². The maximum Gasteiger partial charge on any atom is 0.123 e. The number of rotatable bonds is 4. The van der Waals surface area contributed by atoms with Gasteiger partial charge in [0, 0.05) is 43.8 Å². The van der Waals surface area contributed by atoms with Crippen LogP contribution in [0.2, 0.25) is 0 Å². The number of benzene rings is 2. The van der Waals surface area contributed by atoms with Gasteiger partial charge in [-0.2, -0.15) is 0 Å². The number of fused-ring (bicyclic) bond motifs is 2. The molecule has 0 aliphatic carbocycles. The van der Waals surface area contributed by atoms with Crippen molar-refractivity contribution < 1.29 is 9.84 Å². The van der Waals surface area contributed by atoms with E-state index in [1.807, 2.05) is 48.5 Å². The maximum absolute atomic E-state index is 10.8. The van der Waals surface area contributed by atoms with Crippen molar-refractivity contribution in [1.82, 2.24) is 19.9 Å². The molecule has 0 saturated carbocycles. The van der Waals surface area contributed by atoms with Crippen LogP contribution in [0.25, 0.3) is 11.0 Å². The van der Waals surface area contributed by atoms with Crippen molar-refractivity contribution in [3.05, 3.63) is 95.6 Å². The third-order valence-corrected chi connectivity index (χ3v) is 5.40. The van der Waals surface area contributed by atoms with E-state index in [2.05, 4.69) is 25.9 Å². The fraction of sp³-hybridized carbons (Fsp3) is 0.208. The SMILES string of the molecule is OC(c1ccc2c(c1)CN(Cc1cccc3nccnc13)CCO2)c1ccccn1. The predicted octanol–water partition coefficient (Wildman–Crippen LogP) is 3.50. The molecule has 1 aliphatic heterocycles. The summed E-state index contributed by atoms with van der Waals surface area (Å²) in [6.07, 6.45) is 4.38. The highest BCUT2D eigenvalue weighted by molar-refractivity contribution is 5.77. The van der Waals surface area contributed by atoms with Crippen LogP contribution < -0.4 is 4.74 Å². The Morgan fingerprint density at radius 3 is 2.80 bits per heavy atom. The van der Waals surface area contributed by atoms with Crippen molar-refractivity contribution >= 4 is 11.0 Å².